The van der Waals surface area contributed by atoms with Crippen LogP contribution in [0.1, 0.15) is 23.4 Å². The van der Waals surface area contributed by atoms with Crippen molar-refractivity contribution in [3.63, 3.8) is 0 Å². The molecular weight excluding hydrogens is 441 g/mol. The van der Waals surface area contributed by atoms with Crippen LogP contribution in [0.25, 0.3) is 10.7 Å². The fourth-order valence-corrected chi connectivity index (χ4v) is 4.28. The van der Waals surface area contributed by atoms with Gasteiger partial charge in [0.1, 0.15) is 0 Å². The van der Waals surface area contributed by atoms with Crippen LogP contribution in [0.5, 0.6) is 0 Å². The molecule has 6 nitrogen and oxygen atoms in total. The van der Waals surface area contributed by atoms with Gasteiger partial charge in [0.05, 0.1) is 16.9 Å². The van der Waals surface area contributed by atoms with Crippen LogP contribution in [0, 0.1) is 0 Å². The van der Waals surface area contributed by atoms with Gasteiger partial charge in [0.2, 0.25) is 17.6 Å². The largest absolute Gasteiger partial charge is 0.416 e. The number of benzene rings is 1. The highest BCUT2D eigenvalue weighted by Crippen LogP contribution is 2.29. The fourth-order valence-electron chi connectivity index (χ4n) is 3.64. The lowest BCUT2D eigenvalue weighted by Crippen LogP contribution is -2.49. The first kappa shape index (κ1) is 22.5. The van der Waals surface area contributed by atoms with Crippen molar-refractivity contribution in [2.24, 2.45) is 0 Å². The van der Waals surface area contributed by atoms with Gasteiger partial charge in [-0.2, -0.15) is 18.2 Å². The Morgan fingerprint density at radius 1 is 1.09 bits per heavy atom. The van der Waals surface area contributed by atoms with Gasteiger partial charge in [-0.1, -0.05) is 23.4 Å². The number of carbonyl (C=O) groups is 1. The number of thiophene rings is 1. The summed E-state index contributed by atoms with van der Waals surface area (Å²) in [6, 6.07) is 8.69. The summed E-state index contributed by atoms with van der Waals surface area (Å²) in [5, 5.41) is 5.99. The fraction of sp³-hybridized carbons (Fsp3) is 0.409. The maximum absolute atomic E-state index is 12.7. The third-order valence-electron chi connectivity index (χ3n) is 5.44. The highest BCUT2D eigenvalue weighted by atomic mass is 32.1. The second-order valence-corrected chi connectivity index (χ2v) is 8.63. The molecule has 0 atom stereocenters. The van der Waals surface area contributed by atoms with Gasteiger partial charge in [0.15, 0.2) is 0 Å². The molecule has 1 fully saturated rings. The van der Waals surface area contributed by atoms with Crippen molar-refractivity contribution in [1.82, 2.24) is 19.9 Å². The topological polar surface area (TPSA) is 62.5 Å². The Morgan fingerprint density at radius 3 is 2.50 bits per heavy atom. The minimum Gasteiger partial charge on any atom is -0.340 e. The van der Waals surface area contributed by atoms with E-state index in [9.17, 15) is 18.0 Å². The molecule has 10 heteroatoms. The van der Waals surface area contributed by atoms with Crippen LogP contribution in [-0.4, -0.2) is 58.6 Å². The molecule has 4 rings (SSSR count). The minimum atomic E-state index is -4.37. The van der Waals surface area contributed by atoms with Crippen molar-refractivity contribution in [3.8, 4) is 10.7 Å². The summed E-state index contributed by atoms with van der Waals surface area (Å²) in [6.07, 6.45) is -2.67. The average molecular weight is 465 g/mol. The SMILES string of the molecule is O=C(Cc1ccc(C(F)(F)F)cc1)N1CCN(CCCc2nc(-c3cccs3)no2)CC1. The third kappa shape index (κ3) is 5.74. The molecule has 0 aliphatic carbocycles. The summed E-state index contributed by atoms with van der Waals surface area (Å²) in [6.45, 7) is 3.63. The first-order valence-electron chi connectivity index (χ1n) is 10.4. The molecular formula is C22H23F3N4O2S. The van der Waals surface area contributed by atoms with Gasteiger partial charge in [-0.3, -0.25) is 9.69 Å². The lowest BCUT2D eigenvalue weighted by molar-refractivity contribution is -0.137. The minimum absolute atomic E-state index is 0.0589. The smallest absolute Gasteiger partial charge is 0.340 e. The van der Waals surface area contributed by atoms with E-state index in [-0.39, 0.29) is 12.3 Å². The molecule has 1 aromatic carbocycles. The standard InChI is InChI=1S/C22H23F3N4O2S/c23-22(24,25)17-7-5-16(6-8-17)15-20(30)29-12-10-28(11-13-29)9-1-4-19-26-21(27-31-19)18-3-2-14-32-18/h2-3,5-8,14H,1,4,9-13,15H2. The van der Waals surface area contributed by atoms with Crippen LogP contribution in [0.15, 0.2) is 46.3 Å². The monoisotopic (exact) mass is 464 g/mol. The average Bonchev–Trinajstić information content (AvgIpc) is 3.46. The number of nitrogens with zero attached hydrogens (tertiary/aromatic N) is 4. The number of hydrogen-bond donors (Lipinski definition) is 0. The quantitative estimate of drug-likeness (QED) is 0.526. The zero-order valence-electron chi connectivity index (χ0n) is 17.3. The Labute approximate surface area is 187 Å². The van der Waals surface area contributed by atoms with Crippen LogP contribution in [0.4, 0.5) is 13.2 Å². The molecule has 170 valence electrons. The summed E-state index contributed by atoms with van der Waals surface area (Å²) in [4.78, 5) is 22.0. The van der Waals surface area contributed by atoms with Gasteiger partial charge < -0.3 is 9.42 Å². The maximum Gasteiger partial charge on any atom is 0.416 e. The number of hydrogen-bond acceptors (Lipinski definition) is 6. The predicted octanol–water partition coefficient (Wildman–Crippen LogP) is 4.14. The highest BCUT2D eigenvalue weighted by molar-refractivity contribution is 7.13. The summed E-state index contributed by atoms with van der Waals surface area (Å²) in [5.41, 5.74) is -0.113. The summed E-state index contributed by atoms with van der Waals surface area (Å²) in [7, 11) is 0. The second-order valence-electron chi connectivity index (χ2n) is 7.69. The van der Waals surface area contributed by atoms with E-state index in [1.165, 1.54) is 12.1 Å². The molecule has 0 spiro atoms. The Hall–Kier alpha value is -2.72. The Morgan fingerprint density at radius 2 is 1.84 bits per heavy atom. The van der Waals surface area contributed by atoms with Crippen LogP contribution in [-0.2, 0) is 23.8 Å². The third-order valence-corrected chi connectivity index (χ3v) is 6.30. The maximum atomic E-state index is 12.7. The van der Waals surface area contributed by atoms with Gasteiger partial charge >= 0.3 is 6.18 Å². The van der Waals surface area contributed by atoms with E-state index in [1.807, 2.05) is 17.5 Å². The van der Waals surface area contributed by atoms with E-state index in [1.54, 1.807) is 16.2 Å². The van der Waals surface area contributed by atoms with Crippen molar-refractivity contribution in [2.75, 3.05) is 32.7 Å². The molecule has 3 heterocycles. The summed E-state index contributed by atoms with van der Waals surface area (Å²) in [5.74, 6) is 1.19. The number of aromatic nitrogens is 2. The second kappa shape index (κ2) is 9.83. The molecule has 0 radical (unpaired) electrons. The summed E-state index contributed by atoms with van der Waals surface area (Å²) >= 11 is 1.57. The molecule has 1 amide bonds. The van der Waals surface area contributed by atoms with Crippen LogP contribution >= 0.6 is 11.3 Å². The van der Waals surface area contributed by atoms with Crippen LogP contribution < -0.4 is 0 Å². The van der Waals surface area contributed by atoms with Crippen molar-refractivity contribution in [2.45, 2.75) is 25.4 Å². The summed E-state index contributed by atoms with van der Waals surface area (Å²) < 4.78 is 43.3. The van der Waals surface area contributed by atoms with Gasteiger partial charge in [-0.05, 0) is 42.1 Å². The number of amides is 1. The number of alkyl halides is 3. The zero-order valence-corrected chi connectivity index (χ0v) is 18.2. The van der Waals surface area contributed by atoms with E-state index in [0.29, 0.717) is 36.8 Å². The van der Waals surface area contributed by atoms with E-state index >= 15 is 0 Å². The predicted molar refractivity (Wildman–Crippen MR) is 114 cm³/mol. The van der Waals surface area contributed by atoms with Crippen LogP contribution in [0.3, 0.4) is 0 Å². The number of halogens is 3. The molecule has 1 aliphatic rings. The number of carbonyl (C=O) groups excluding carboxylic acids is 1. The van der Waals surface area contributed by atoms with Crippen molar-refractivity contribution >= 4 is 17.2 Å². The first-order valence-corrected chi connectivity index (χ1v) is 11.3. The molecule has 1 saturated heterocycles. The molecule has 1 aliphatic heterocycles. The molecule has 0 saturated carbocycles. The lowest BCUT2D eigenvalue weighted by Gasteiger charge is -2.34. The Kier molecular flexibility index (Phi) is 6.90. The lowest BCUT2D eigenvalue weighted by atomic mass is 10.1. The van der Waals surface area contributed by atoms with E-state index in [4.69, 9.17) is 4.52 Å². The number of rotatable bonds is 7. The number of piperazine rings is 1. The van der Waals surface area contributed by atoms with Gasteiger partial charge in [0.25, 0.3) is 0 Å². The van der Waals surface area contributed by atoms with Crippen LogP contribution in [0.2, 0.25) is 0 Å². The van der Waals surface area contributed by atoms with Crippen molar-refractivity contribution in [1.29, 1.82) is 0 Å². The normalized spacial score (nSPS) is 15.3. The van der Waals surface area contributed by atoms with E-state index in [0.717, 1.165) is 43.1 Å². The van der Waals surface area contributed by atoms with E-state index < -0.39 is 11.7 Å². The van der Waals surface area contributed by atoms with Gasteiger partial charge in [0, 0.05) is 32.6 Å². The Balaban J connectivity index is 1.17. The first-order chi connectivity index (χ1) is 15.4. The van der Waals surface area contributed by atoms with E-state index in [2.05, 4.69) is 15.0 Å². The van der Waals surface area contributed by atoms with Crippen molar-refractivity contribution in [3.05, 3.63) is 58.8 Å². The molecule has 0 unspecified atom stereocenters. The van der Waals surface area contributed by atoms with Gasteiger partial charge in [-0.15, -0.1) is 11.3 Å². The highest BCUT2D eigenvalue weighted by Gasteiger charge is 2.30. The molecule has 32 heavy (non-hydrogen) atoms. The zero-order chi connectivity index (χ0) is 22.6. The van der Waals surface area contributed by atoms with Crippen molar-refractivity contribution < 1.29 is 22.5 Å². The number of aryl methyl sites for hydroxylation is 1. The molecule has 0 N–H and O–H groups in total. The Bertz CT molecular complexity index is 1010. The molecule has 0 bridgehead atoms. The van der Waals surface area contributed by atoms with Gasteiger partial charge in [-0.25, -0.2) is 0 Å². The molecule has 3 aromatic rings. The molecule has 2 aromatic heterocycles.